The molecule has 1 saturated heterocycles. The van der Waals surface area contributed by atoms with Gasteiger partial charge in [-0.25, -0.2) is 8.78 Å². The summed E-state index contributed by atoms with van der Waals surface area (Å²) in [5, 5.41) is 6.64. The van der Waals surface area contributed by atoms with Gasteiger partial charge in [0.25, 0.3) is 0 Å². The molecule has 1 aromatic heterocycles. The Bertz CT molecular complexity index is 1050. The molecule has 6 nitrogen and oxygen atoms in total. The number of nitrogens with zero attached hydrogens (tertiary/aromatic N) is 3. The second-order valence-corrected chi connectivity index (χ2v) is 7.49. The Labute approximate surface area is 172 Å². The maximum absolute atomic E-state index is 13.7. The van der Waals surface area contributed by atoms with Crippen LogP contribution in [-0.2, 0) is 11.3 Å². The van der Waals surface area contributed by atoms with Crippen molar-refractivity contribution in [2.45, 2.75) is 26.3 Å². The number of amides is 1. The van der Waals surface area contributed by atoms with Crippen LogP contribution in [0.3, 0.4) is 0 Å². The van der Waals surface area contributed by atoms with Gasteiger partial charge in [-0.2, -0.15) is 4.98 Å². The van der Waals surface area contributed by atoms with Gasteiger partial charge in [0.2, 0.25) is 17.6 Å². The van der Waals surface area contributed by atoms with Crippen LogP contribution in [-0.4, -0.2) is 34.0 Å². The molecule has 0 aliphatic carbocycles. The van der Waals surface area contributed by atoms with Gasteiger partial charge >= 0.3 is 0 Å². The molecule has 1 amide bonds. The molecule has 0 atom stereocenters. The SMILES string of the molecule is Cc1ccccc1-c1noc(CN2CCC(C(=O)Nc3ccc(F)cc3F)CC2)n1. The summed E-state index contributed by atoms with van der Waals surface area (Å²) in [6.45, 7) is 3.89. The van der Waals surface area contributed by atoms with Gasteiger partial charge in [0, 0.05) is 17.5 Å². The number of carbonyl (C=O) groups excluding carboxylic acids is 1. The Hall–Kier alpha value is -3.13. The number of nitrogens with one attached hydrogen (secondary N) is 1. The second-order valence-electron chi connectivity index (χ2n) is 7.49. The van der Waals surface area contributed by atoms with Crippen molar-refractivity contribution in [3.8, 4) is 11.4 Å². The predicted octanol–water partition coefficient (Wildman–Crippen LogP) is 4.17. The molecule has 0 radical (unpaired) electrons. The number of carbonyl (C=O) groups is 1. The third-order valence-corrected chi connectivity index (χ3v) is 5.36. The Kier molecular flexibility index (Phi) is 5.85. The fraction of sp³-hybridized carbons (Fsp3) is 0.318. The number of benzene rings is 2. The van der Waals surface area contributed by atoms with Crippen LogP contribution in [0.15, 0.2) is 47.0 Å². The molecule has 8 heteroatoms. The first-order valence-electron chi connectivity index (χ1n) is 9.86. The van der Waals surface area contributed by atoms with Crippen molar-refractivity contribution in [2.75, 3.05) is 18.4 Å². The van der Waals surface area contributed by atoms with E-state index in [-0.39, 0.29) is 17.5 Å². The molecule has 0 spiro atoms. The first kappa shape index (κ1) is 20.2. The van der Waals surface area contributed by atoms with Crippen molar-refractivity contribution < 1.29 is 18.1 Å². The summed E-state index contributed by atoms with van der Waals surface area (Å²) in [5.74, 6) is -0.828. The molecule has 1 fully saturated rings. The lowest BCUT2D eigenvalue weighted by atomic mass is 9.96. The van der Waals surface area contributed by atoms with Gasteiger partial charge < -0.3 is 9.84 Å². The second kappa shape index (κ2) is 8.71. The van der Waals surface area contributed by atoms with Crippen molar-refractivity contribution in [1.82, 2.24) is 15.0 Å². The first-order chi connectivity index (χ1) is 14.5. The summed E-state index contributed by atoms with van der Waals surface area (Å²) < 4.78 is 32.1. The van der Waals surface area contributed by atoms with Crippen LogP contribution in [0.2, 0.25) is 0 Å². The fourth-order valence-corrected chi connectivity index (χ4v) is 3.62. The van der Waals surface area contributed by atoms with Gasteiger partial charge in [0.05, 0.1) is 12.2 Å². The molecule has 0 bridgehead atoms. The van der Waals surface area contributed by atoms with Crippen LogP contribution in [0.1, 0.15) is 24.3 Å². The minimum Gasteiger partial charge on any atom is -0.338 e. The maximum atomic E-state index is 13.7. The highest BCUT2D eigenvalue weighted by Gasteiger charge is 2.26. The zero-order chi connectivity index (χ0) is 21.1. The number of hydrogen-bond acceptors (Lipinski definition) is 5. The number of anilines is 1. The maximum Gasteiger partial charge on any atom is 0.241 e. The zero-order valence-corrected chi connectivity index (χ0v) is 16.6. The van der Waals surface area contributed by atoms with E-state index in [1.807, 2.05) is 31.2 Å². The highest BCUT2D eigenvalue weighted by Crippen LogP contribution is 2.24. The lowest BCUT2D eigenvalue weighted by Crippen LogP contribution is -2.37. The van der Waals surface area contributed by atoms with E-state index in [1.54, 1.807) is 0 Å². The van der Waals surface area contributed by atoms with E-state index in [9.17, 15) is 13.6 Å². The predicted molar refractivity (Wildman–Crippen MR) is 107 cm³/mol. The average Bonchev–Trinajstić information content (AvgIpc) is 3.19. The van der Waals surface area contributed by atoms with E-state index in [1.165, 1.54) is 6.07 Å². The third-order valence-electron chi connectivity index (χ3n) is 5.36. The van der Waals surface area contributed by atoms with Crippen molar-refractivity contribution in [2.24, 2.45) is 5.92 Å². The summed E-state index contributed by atoms with van der Waals surface area (Å²) >= 11 is 0. The normalized spacial score (nSPS) is 15.3. The first-order valence-corrected chi connectivity index (χ1v) is 9.86. The molecule has 156 valence electrons. The summed E-state index contributed by atoms with van der Waals surface area (Å²) in [4.78, 5) is 19.1. The van der Waals surface area contributed by atoms with Crippen LogP contribution >= 0.6 is 0 Å². The molecule has 4 rings (SSSR count). The molecule has 1 aliphatic heterocycles. The smallest absolute Gasteiger partial charge is 0.241 e. The van der Waals surface area contributed by atoms with Crippen LogP contribution in [0.25, 0.3) is 11.4 Å². The zero-order valence-electron chi connectivity index (χ0n) is 16.6. The molecular formula is C22H22F2N4O2. The van der Waals surface area contributed by atoms with Crippen molar-refractivity contribution in [3.05, 3.63) is 65.6 Å². The standard InChI is InChI=1S/C22H22F2N4O2/c1-14-4-2-3-5-17(14)21-26-20(30-27-21)13-28-10-8-15(9-11-28)22(29)25-19-7-6-16(23)12-18(19)24/h2-7,12,15H,8-11,13H2,1H3,(H,25,29). The van der Waals surface area contributed by atoms with E-state index >= 15 is 0 Å². The van der Waals surface area contributed by atoms with E-state index < -0.39 is 11.6 Å². The summed E-state index contributed by atoms with van der Waals surface area (Å²) in [6, 6.07) is 11.0. The van der Waals surface area contributed by atoms with Crippen LogP contribution in [0.5, 0.6) is 0 Å². The number of likely N-dealkylation sites (tertiary alicyclic amines) is 1. The Balaban J connectivity index is 1.31. The Morgan fingerprint density at radius 1 is 1.20 bits per heavy atom. The van der Waals surface area contributed by atoms with Gasteiger partial charge in [-0.1, -0.05) is 29.4 Å². The number of halogens is 2. The minimum atomic E-state index is -0.776. The number of hydrogen-bond donors (Lipinski definition) is 1. The van der Waals surface area contributed by atoms with Crippen molar-refractivity contribution in [3.63, 3.8) is 0 Å². The van der Waals surface area contributed by atoms with Gasteiger partial charge in [0.15, 0.2) is 0 Å². The Morgan fingerprint density at radius 2 is 1.97 bits per heavy atom. The van der Waals surface area contributed by atoms with Crippen LogP contribution < -0.4 is 5.32 Å². The third kappa shape index (κ3) is 4.54. The van der Waals surface area contributed by atoms with Crippen molar-refractivity contribution >= 4 is 11.6 Å². The van der Waals surface area contributed by atoms with E-state index in [2.05, 4.69) is 20.4 Å². The summed E-state index contributed by atoms with van der Waals surface area (Å²) in [7, 11) is 0. The minimum absolute atomic E-state index is 0.00146. The topological polar surface area (TPSA) is 71.3 Å². The largest absolute Gasteiger partial charge is 0.338 e. The molecule has 2 aromatic carbocycles. The molecule has 1 N–H and O–H groups in total. The molecule has 0 saturated carbocycles. The lowest BCUT2D eigenvalue weighted by Gasteiger charge is -2.30. The molecular weight excluding hydrogens is 390 g/mol. The van der Waals surface area contributed by atoms with Gasteiger partial charge in [-0.15, -0.1) is 0 Å². The molecule has 30 heavy (non-hydrogen) atoms. The number of aryl methyl sites for hydroxylation is 1. The molecule has 3 aromatic rings. The Morgan fingerprint density at radius 3 is 2.70 bits per heavy atom. The van der Waals surface area contributed by atoms with Crippen molar-refractivity contribution in [1.29, 1.82) is 0 Å². The van der Waals surface area contributed by atoms with Crippen LogP contribution in [0, 0.1) is 24.5 Å². The summed E-state index contributed by atoms with van der Waals surface area (Å²) in [5.41, 5.74) is 2.02. The van der Waals surface area contributed by atoms with Crippen LogP contribution in [0.4, 0.5) is 14.5 Å². The highest BCUT2D eigenvalue weighted by atomic mass is 19.1. The monoisotopic (exact) mass is 412 g/mol. The van der Waals surface area contributed by atoms with Gasteiger partial charge in [-0.05, 0) is 50.6 Å². The lowest BCUT2D eigenvalue weighted by molar-refractivity contribution is -0.121. The fourth-order valence-electron chi connectivity index (χ4n) is 3.62. The average molecular weight is 412 g/mol. The van der Waals surface area contributed by atoms with E-state index in [0.717, 1.165) is 23.3 Å². The molecule has 1 aliphatic rings. The van der Waals surface area contributed by atoms with Gasteiger partial charge in [-0.3, -0.25) is 9.69 Å². The number of aromatic nitrogens is 2. The molecule has 2 heterocycles. The molecule has 0 unspecified atom stereocenters. The number of piperidine rings is 1. The van der Waals surface area contributed by atoms with E-state index in [4.69, 9.17) is 4.52 Å². The number of rotatable bonds is 5. The highest BCUT2D eigenvalue weighted by molar-refractivity contribution is 5.92. The summed E-state index contributed by atoms with van der Waals surface area (Å²) in [6.07, 6.45) is 1.26. The van der Waals surface area contributed by atoms with E-state index in [0.29, 0.717) is 44.2 Å². The quantitative estimate of drug-likeness (QED) is 0.681. The van der Waals surface area contributed by atoms with Gasteiger partial charge in [0.1, 0.15) is 11.6 Å².